The molecule has 0 saturated carbocycles. The Labute approximate surface area is 115 Å². The molecule has 110 valence electrons. The maximum Gasteiger partial charge on any atom is 0.0730 e. The fraction of sp³-hybridized carbons (Fsp3) is 1.00. The van der Waals surface area contributed by atoms with Crippen LogP contribution in [0.5, 0.6) is 0 Å². The lowest BCUT2D eigenvalue weighted by molar-refractivity contribution is 0.00225. The van der Waals surface area contributed by atoms with Crippen molar-refractivity contribution in [2.24, 2.45) is 11.1 Å². The van der Waals surface area contributed by atoms with Crippen LogP contribution in [0.25, 0.3) is 0 Å². The van der Waals surface area contributed by atoms with E-state index in [0.29, 0.717) is 5.41 Å². The lowest BCUT2D eigenvalue weighted by Crippen LogP contribution is -2.39. The third-order valence-corrected chi connectivity index (χ3v) is 3.71. The van der Waals surface area contributed by atoms with Crippen molar-refractivity contribution in [1.82, 2.24) is 0 Å². The maximum atomic E-state index is 6.21. The summed E-state index contributed by atoms with van der Waals surface area (Å²) >= 11 is 0. The van der Waals surface area contributed by atoms with E-state index < -0.39 is 0 Å². The van der Waals surface area contributed by atoms with Gasteiger partial charge in [0.05, 0.1) is 6.10 Å². The van der Waals surface area contributed by atoms with Crippen LogP contribution in [0, 0.1) is 5.41 Å². The highest BCUT2D eigenvalue weighted by atomic mass is 16.5. The maximum absolute atomic E-state index is 6.21. The molecule has 0 aromatic carbocycles. The predicted octanol–water partition coefficient (Wildman–Crippen LogP) is 4.52. The van der Waals surface area contributed by atoms with Crippen molar-refractivity contribution in [2.45, 2.75) is 91.7 Å². The smallest absolute Gasteiger partial charge is 0.0730 e. The van der Waals surface area contributed by atoms with Gasteiger partial charge in [-0.05, 0) is 31.1 Å². The Bertz CT molecular complexity index is 192. The van der Waals surface area contributed by atoms with Crippen molar-refractivity contribution in [3.8, 4) is 0 Å². The van der Waals surface area contributed by atoms with Crippen LogP contribution in [0.15, 0.2) is 0 Å². The van der Waals surface area contributed by atoms with Gasteiger partial charge in [0.15, 0.2) is 0 Å². The Balaban J connectivity index is 4.22. The molecule has 2 N–H and O–H groups in total. The van der Waals surface area contributed by atoms with Crippen molar-refractivity contribution < 1.29 is 4.74 Å². The highest BCUT2D eigenvalue weighted by molar-refractivity contribution is 4.80. The Morgan fingerprint density at radius 1 is 1.06 bits per heavy atom. The van der Waals surface area contributed by atoms with Crippen LogP contribution in [0.3, 0.4) is 0 Å². The number of hydrogen-bond donors (Lipinski definition) is 1. The molecule has 0 radical (unpaired) electrons. The molecule has 0 saturated heterocycles. The monoisotopic (exact) mass is 257 g/mol. The van der Waals surface area contributed by atoms with Gasteiger partial charge in [-0.25, -0.2) is 0 Å². The number of ether oxygens (including phenoxy) is 1. The zero-order chi connectivity index (χ0) is 14.0. The second-order valence-electron chi connectivity index (χ2n) is 6.31. The zero-order valence-electron chi connectivity index (χ0n) is 13.3. The average Bonchev–Trinajstić information content (AvgIpc) is 2.31. The Kier molecular flexibility index (Phi) is 9.76. The molecule has 2 unspecified atom stereocenters. The van der Waals surface area contributed by atoms with E-state index in [1.165, 1.54) is 25.7 Å². The molecule has 18 heavy (non-hydrogen) atoms. The largest absolute Gasteiger partial charge is 0.377 e. The van der Waals surface area contributed by atoms with Gasteiger partial charge in [0.25, 0.3) is 0 Å². The van der Waals surface area contributed by atoms with Crippen molar-refractivity contribution in [3.63, 3.8) is 0 Å². The fourth-order valence-corrected chi connectivity index (χ4v) is 2.51. The van der Waals surface area contributed by atoms with Crippen molar-refractivity contribution in [1.29, 1.82) is 0 Å². The summed E-state index contributed by atoms with van der Waals surface area (Å²) in [7, 11) is 0. The van der Waals surface area contributed by atoms with Crippen molar-refractivity contribution >= 4 is 0 Å². The van der Waals surface area contributed by atoms with Crippen molar-refractivity contribution in [2.75, 3.05) is 6.61 Å². The minimum absolute atomic E-state index is 0.183. The molecule has 2 atom stereocenters. The molecule has 0 aliphatic carbocycles. The van der Waals surface area contributed by atoms with Gasteiger partial charge in [-0.1, -0.05) is 53.9 Å². The van der Waals surface area contributed by atoms with Crippen LogP contribution in [-0.4, -0.2) is 18.8 Å². The minimum atomic E-state index is 0.183. The number of hydrogen-bond acceptors (Lipinski definition) is 2. The van der Waals surface area contributed by atoms with Crippen LogP contribution >= 0.6 is 0 Å². The summed E-state index contributed by atoms with van der Waals surface area (Å²) in [6.07, 6.45) is 8.46. The van der Waals surface area contributed by atoms with Gasteiger partial charge in [-0.3, -0.25) is 0 Å². The first-order valence-corrected chi connectivity index (χ1v) is 7.84. The summed E-state index contributed by atoms with van der Waals surface area (Å²) < 4.78 is 6.05. The summed E-state index contributed by atoms with van der Waals surface area (Å²) in [6, 6.07) is 0.183. The molecule has 0 amide bonds. The summed E-state index contributed by atoms with van der Waals surface area (Å²) in [4.78, 5) is 0. The molecule has 0 fully saturated rings. The van der Waals surface area contributed by atoms with Gasteiger partial charge in [0, 0.05) is 12.6 Å². The molecule has 0 aromatic heterocycles. The van der Waals surface area contributed by atoms with Crippen LogP contribution in [0.1, 0.15) is 79.6 Å². The predicted molar refractivity (Wildman–Crippen MR) is 80.8 cm³/mol. The molecule has 2 heteroatoms. The first-order valence-electron chi connectivity index (χ1n) is 7.84. The molecule has 0 aliphatic heterocycles. The van der Waals surface area contributed by atoms with Crippen LogP contribution in [0.2, 0.25) is 0 Å². The topological polar surface area (TPSA) is 35.2 Å². The van der Waals surface area contributed by atoms with E-state index >= 15 is 0 Å². The average molecular weight is 257 g/mol. The van der Waals surface area contributed by atoms with Gasteiger partial charge in [0.1, 0.15) is 0 Å². The van der Waals surface area contributed by atoms with E-state index in [4.69, 9.17) is 10.5 Å². The molecular weight excluding hydrogens is 222 g/mol. The highest BCUT2D eigenvalue weighted by Crippen LogP contribution is 2.30. The van der Waals surface area contributed by atoms with E-state index in [1.807, 2.05) is 0 Å². The third kappa shape index (κ3) is 8.10. The van der Waals surface area contributed by atoms with Crippen LogP contribution in [0.4, 0.5) is 0 Å². The summed E-state index contributed by atoms with van der Waals surface area (Å²) in [6.45, 7) is 12.2. The molecule has 2 nitrogen and oxygen atoms in total. The molecule has 0 bridgehead atoms. The van der Waals surface area contributed by atoms with Crippen molar-refractivity contribution in [3.05, 3.63) is 0 Å². The van der Waals surface area contributed by atoms with Gasteiger partial charge >= 0.3 is 0 Å². The summed E-state index contributed by atoms with van der Waals surface area (Å²) in [5, 5.41) is 0. The second-order valence-corrected chi connectivity index (χ2v) is 6.31. The van der Waals surface area contributed by atoms with E-state index in [-0.39, 0.29) is 12.1 Å². The van der Waals surface area contributed by atoms with Crippen LogP contribution in [-0.2, 0) is 4.74 Å². The molecule has 0 aromatic rings. The number of unbranched alkanes of at least 4 members (excludes halogenated alkanes) is 2. The Morgan fingerprint density at radius 3 is 2.22 bits per heavy atom. The number of rotatable bonds is 11. The summed E-state index contributed by atoms with van der Waals surface area (Å²) in [5.41, 5.74) is 6.55. The SMILES string of the molecule is CCCCCOC(CC(C)(C)CCC)C(N)CC. The molecule has 0 heterocycles. The second kappa shape index (κ2) is 9.80. The Morgan fingerprint density at radius 2 is 1.72 bits per heavy atom. The van der Waals surface area contributed by atoms with E-state index in [9.17, 15) is 0 Å². The first-order chi connectivity index (χ1) is 8.46. The summed E-state index contributed by atoms with van der Waals surface area (Å²) in [5.74, 6) is 0. The van der Waals surface area contributed by atoms with Gasteiger partial charge in [-0.2, -0.15) is 0 Å². The molecule has 0 aliphatic rings. The highest BCUT2D eigenvalue weighted by Gasteiger charge is 2.26. The third-order valence-electron chi connectivity index (χ3n) is 3.71. The normalized spacial score (nSPS) is 15.7. The van der Waals surface area contributed by atoms with Crippen LogP contribution < -0.4 is 5.73 Å². The first kappa shape index (κ1) is 17.9. The minimum Gasteiger partial charge on any atom is -0.377 e. The van der Waals surface area contributed by atoms with E-state index in [0.717, 1.165) is 25.9 Å². The number of nitrogens with two attached hydrogens (primary N) is 1. The van der Waals surface area contributed by atoms with Gasteiger partial charge < -0.3 is 10.5 Å². The van der Waals surface area contributed by atoms with E-state index in [1.54, 1.807) is 0 Å². The zero-order valence-corrected chi connectivity index (χ0v) is 13.3. The molecular formula is C16H35NO. The quantitative estimate of drug-likeness (QED) is 0.552. The van der Waals surface area contributed by atoms with E-state index in [2.05, 4.69) is 34.6 Å². The Hall–Kier alpha value is -0.0800. The molecule has 0 rings (SSSR count). The fourth-order valence-electron chi connectivity index (χ4n) is 2.51. The lowest BCUT2D eigenvalue weighted by Gasteiger charge is -2.32. The lowest BCUT2D eigenvalue weighted by atomic mass is 9.80. The molecule has 0 spiro atoms. The van der Waals surface area contributed by atoms with Gasteiger partial charge in [-0.15, -0.1) is 0 Å². The van der Waals surface area contributed by atoms with Gasteiger partial charge in [0.2, 0.25) is 0 Å². The standard InChI is InChI=1S/C16H35NO/c1-6-9-10-12-18-15(14(17)8-3)13-16(4,5)11-7-2/h14-15H,6-13,17H2,1-5H3.